The summed E-state index contributed by atoms with van der Waals surface area (Å²) in [6, 6.07) is 19.9. The minimum atomic E-state index is -0.430. The van der Waals surface area contributed by atoms with Gasteiger partial charge in [-0.3, -0.25) is 14.5 Å². The number of carbonyl (C=O) groups excluding carboxylic acids is 2. The summed E-state index contributed by atoms with van der Waals surface area (Å²) in [6.45, 7) is 5.97. The number of hydrogen-bond acceptors (Lipinski definition) is 7. The Kier molecular flexibility index (Phi) is 8.67. The third-order valence-corrected chi connectivity index (χ3v) is 11.5. The Morgan fingerprint density at radius 2 is 1.91 bits per heavy atom. The van der Waals surface area contributed by atoms with Crippen LogP contribution in [0.3, 0.4) is 0 Å². The Labute approximate surface area is 311 Å². The number of likely N-dealkylation sites (tertiary alicyclic amines) is 1. The number of aromatic nitrogens is 3. The van der Waals surface area contributed by atoms with Gasteiger partial charge in [-0.15, -0.1) is 0 Å². The number of pyridine rings is 1. The number of rotatable bonds is 10. The molecule has 1 saturated carbocycles. The van der Waals surface area contributed by atoms with Crippen LogP contribution in [0, 0.1) is 12.7 Å². The molecule has 10 nitrogen and oxygen atoms in total. The van der Waals surface area contributed by atoms with Crippen LogP contribution in [0.2, 0.25) is 5.02 Å². The number of fused-ring (bicyclic) bond motifs is 3. The minimum absolute atomic E-state index is 0.0613. The van der Waals surface area contributed by atoms with Gasteiger partial charge in [-0.25, -0.2) is 14.4 Å². The van der Waals surface area contributed by atoms with Crippen LogP contribution in [-0.4, -0.2) is 57.0 Å². The van der Waals surface area contributed by atoms with Crippen molar-refractivity contribution < 1.29 is 23.5 Å². The average molecular weight is 735 g/mol. The minimum Gasteiger partial charge on any atom is -0.473 e. The molecule has 5 heterocycles. The summed E-state index contributed by atoms with van der Waals surface area (Å²) < 4.78 is 28.2. The number of benzene rings is 3. The van der Waals surface area contributed by atoms with E-state index in [1.165, 1.54) is 6.07 Å². The average Bonchev–Trinajstić information content (AvgIpc) is 3.81. The molecule has 2 saturated heterocycles. The van der Waals surface area contributed by atoms with Gasteiger partial charge in [-0.05, 0) is 112 Å². The lowest BCUT2D eigenvalue weighted by molar-refractivity contribution is -0.117. The summed E-state index contributed by atoms with van der Waals surface area (Å²) in [5.74, 6) is 1.16. The molecule has 3 aliphatic heterocycles. The van der Waals surface area contributed by atoms with E-state index in [9.17, 15) is 14.0 Å². The molecule has 53 heavy (non-hydrogen) atoms. The van der Waals surface area contributed by atoms with E-state index in [4.69, 9.17) is 31.0 Å². The fourth-order valence-corrected chi connectivity index (χ4v) is 8.13. The van der Waals surface area contributed by atoms with Crippen LogP contribution in [-0.2, 0) is 34.6 Å². The molecule has 12 heteroatoms. The smallest absolute Gasteiger partial charge is 0.255 e. The van der Waals surface area contributed by atoms with Crippen molar-refractivity contribution >= 4 is 45.8 Å². The van der Waals surface area contributed by atoms with Gasteiger partial charge in [-0.1, -0.05) is 23.7 Å². The highest BCUT2D eigenvalue weighted by Crippen LogP contribution is 2.56. The molecule has 1 atom stereocenters. The van der Waals surface area contributed by atoms with Gasteiger partial charge >= 0.3 is 0 Å². The van der Waals surface area contributed by atoms with Crippen molar-refractivity contribution in [3.8, 4) is 5.88 Å². The fraction of sp³-hybridized carbons (Fsp3) is 0.366. The van der Waals surface area contributed by atoms with E-state index in [1.807, 2.05) is 49.4 Å². The summed E-state index contributed by atoms with van der Waals surface area (Å²) in [7, 11) is 0. The third kappa shape index (κ3) is 6.55. The van der Waals surface area contributed by atoms with Crippen LogP contribution < -0.4 is 15.4 Å². The molecule has 9 rings (SSSR count). The largest absolute Gasteiger partial charge is 0.473 e. The molecule has 3 fully saturated rings. The number of hydrogen-bond donors (Lipinski definition) is 2. The summed E-state index contributed by atoms with van der Waals surface area (Å²) >= 11 is 5.89. The van der Waals surface area contributed by atoms with Crippen molar-refractivity contribution in [3.63, 3.8) is 0 Å². The van der Waals surface area contributed by atoms with Crippen molar-refractivity contribution in [1.29, 1.82) is 0 Å². The first-order valence-electron chi connectivity index (χ1n) is 18.4. The second kappa shape index (κ2) is 13.5. The lowest BCUT2D eigenvalue weighted by atomic mass is 9.93. The number of amides is 2. The highest BCUT2D eigenvalue weighted by atomic mass is 35.5. The van der Waals surface area contributed by atoms with Crippen molar-refractivity contribution in [2.75, 3.05) is 30.3 Å². The molecule has 2 amide bonds. The zero-order valence-corrected chi connectivity index (χ0v) is 30.2. The van der Waals surface area contributed by atoms with Gasteiger partial charge in [0.2, 0.25) is 11.8 Å². The van der Waals surface area contributed by atoms with Crippen molar-refractivity contribution in [2.45, 2.75) is 76.2 Å². The normalized spacial score (nSPS) is 19.2. The standard InChI is InChI=1S/C41H40ClFN6O4/c1-24-17-29(20-31-38(24)47-40(51)41(31)12-13-41)44-39(50)26-6-8-35-34(18-26)45-36(49(35)21-30-11-16-52-30)22-48-14-9-25(10-15-48)33-3-2-4-37(46-33)53-23-27-5-7-28(42)19-32(27)43/h2-8,17-20,25,30H,9-16,21-23H2,1H3,(H,44,50)(H,47,51). The molecule has 1 unspecified atom stereocenters. The topological polar surface area (TPSA) is 111 Å². The van der Waals surface area contributed by atoms with Crippen LogP contribution in [0.1, 0.15) is 76.6 Å². The monoisotopic (exact) mass is 734 g/mol. The van der Waals surface area contributed by atoms with Crippen LogP contribution >= 0.6 is 11.6 Å². The Hall–Kier alpha value is -4.84. The van der Waals surface area contributed by atoms with Crippen molar-refractivity contribution in [3.05, 3.63) is 111 Å². The molecule has 1 aliphatic carbocycles. The molecule has 2 aromatic heterocycles. The quantitative estimate of drug-likeness (QED) is 0.153. The molecule has 272 valence electrons. The fourth-order valence-electron chi connectivity index (χ4n) is 7.98. The summed E-state index contributed by atoms with van der Waals surface area (Å²) in [6.07, 6.45) is 4.71. The molecule has 0 bridgehead atoms. The second-order valence-electron chi connectivity index (χ2n) is 14.8. The molecule has 0 radical (unpaired) electrons. The van der Waals surface area contributed by atoms with Crippen molar-refractivity contribution in [1.82, 2.24) is 19.4 Å². The van der Waals surface area contributed by atoms with Gasteiger partial charge < -0.3 is 24.7 Å². The number of piperidine rings is 1. The molecule has 1 spiro atoms. The highest BCUT2D eigenvalue weighted by Gasteiger charge is 2.56. The number of carbonyl (C=O) groups is 2. The number of nitrogens with zero attached hydrogens (tertiary/aromatic N) is 4. The van der Waals surface area contributed by atoms with Gasteiger partial charge in [0.25, 0.3) is 5.91 Å². The second-order valence-corrected chi connectivity index (χ2v) is 15.2. The number of anilines is 2. The van der Waals surface area contributed by atoms with E-state index >= 15 is 0 Å². The number of ether oxygens (including phenoxy) is 2. The summed E-state index contributed by atoms with van der Waals surface area (Å²) in [5, 5.41) is 6.47. The molecule has 4 aliphatic rings. The maximum atomic E-state index is 14.3. The van der Waals surface area contributed by atoms with Crippen LogP contribution in [0.15, 0.2) is 66.7 Å². The number of imidazole rings is 1. The van der Waals surface area contributed by atoms with E-state index in [2.05, 4.69) is 20.1 Å². The van der Waals surface area contributed by atoms with Gasteiger partial charge in [-0.2, -0.15) is 0 Å². The van der Waals surface area contributed by atoms with E-state index in [0.717, 1.165) is 91.2 Å². The summed E-state index contributed by atoms with van der Waals surface area (Å²) in [5.41, 5.74) is 6.76. The van der Waals surface area contributed by atoms with E-state index < -0.39 is 11.2 Å². The molecule has 3 aromatic carbocycles. The first-order chi connectivity index (χ1) is 25.7. The van der Waals surface area contributed by atoms with E-state index in [1.54, 1.807) is 18.2 Å². The van der Waals surface area contributed by atoms with Gasteiger partial charge in [0.15, 0.2) is 0 Å². The molecule has 2 N–H and O–H groups in total. The lowest BCUT2D eigenvalue weighted by Crippen LogP contribution is -2.35. The molecule has 5 aromatic rings. The summed E-state index contributed by atoms with van der Waals surface area (Å²) in [4.78, 5) is 38.5. The van der Waals surface area contributed by atoms with Gasteiger partial charge in [0, 0.05) is 51.8 Å². The lowest BCUT2D eigenvalue weighted by Gasteiger charge is -2.32. The predicted molar refractivity (Wildman–Crippen MR) is 200 cm³/mol. The maximum Gasteiger partial charge on any atom is 0.255 e. The molecular weight excluding hydrogens is 695 g/mol. The first-order valence-corrected chi connectivity index (χ1v) is 18.7. The van der Waals surface area contributed by atoms with E-state index in [0.29, 0.717) is 40.8 Å². The molecular formula is C41H40ClFN6O4. The number of aryl methyl sites for hydroxylation is 1. The third-order valence-electron chi connectivity index (χ3n) is 11.3. The number of nitrogens with one attached hydrogen (secondary N) is 2. The predicted octanol–water partition coefficient (Wildman–Crippen LogP) is 7.52. The van der Waals surface area contributed by atoms with Crippen LogP contribution in [0.4, 0.5) is 15.8 Å². The van der Waals surface area contributed by atoms with E-state index in [-0.39, 0.29) is 30.4 Å². The van der Waals surface area contributed by atoms with Gasteiger partial charge in [0.1, 0.15) is 18.2 Å². The Bertz CT molecular complexity index is 2260. The van der Waals surface area contributed by atoms with Crippen LogP contribution in [0.25, 0.3) is 11.0 Å². The van der Waals surface area contributed by atoms with Crippen LogP contribution in [0.5, 0.6) is 5.88 Å². The van der Waals surface area contributed by atoms with Crippen molar-refractivity contribution in [2.24, 2.45) is 0 Å². The Balaban J connectivity index is 0.877. The SMILES string of the molecule is Cc1cc(NC(=O)c2ccc3c(c2)nc(CN2CCC(c4cccc(OCc5ccc(Cl)cc5F)n4)CC2)n3CC2CCO2)cc2c1NC(=O)C21CC1. The number of halogens is 2. The Morgan fingerprint density at radius 3 is 2.66 bits per heavy atom. The maximum absolute atomic E-state index is 14.3. The zero-order valence-electron chi connectivity index (χ0n) is 29.5. The Morgan fingerprint density at radius 1 is 1.08 bits per heavy atom. The highest BCUT2D eigenvalue weighted by molar-refractivity contribution is 6.30. The zero-order chi connectivity index (χ0) is 36.3. The first kappa shape index (κ1) is 34.0. The van der Waals surface area contributed by atoms with Gasteiger partial charge in [0.05, 0.1) is 35.6 Å².